The number of esters is 1. The Hall–Kier alpha value is -3.97. The van der Waals surface area contributed by atoms with Crippen LogP contribution in [0.3, 0.4) is 0 Å². The molecule has 1 aromatic carbocycles. The van der Waals surface area contributed by atoms with Crippen LogP contribution in [0.15, 0.2) is 46.9 Å². The average Bonchev–Trinajstić information content (AvgIpc) is 3.08. The highest BCUT2D eigenvalue weighted by Crippen LogP contribution is 2.53. The fourth-order valence-corrected chi connectivity index (χ4v) is 7.48. The number of aryl methyl sites for hydroxylation is 1. The van der Waals surface area contributed by atoms with Crippen LogP contribution in [0.4, 0.5) is 10.7 Å². The molecule has 1 aromatic heterocycles. The van der Waals surface area contributed by atoms with Crippen molar-refractivity contribution in [2.75, 3.05) is 12.0 Å². The summed E-state index contributed by atoms with van der Waals surface area (Å²) in [5.74, 6) is -1.17. The Balaban J connectivity index is 1.77. The molecule has 10 heteroatoms. The van der Waals surface area contributed by atoms with Crippen molar-refractivity contribution in [3.05, 3.63) is 78.6 Å². The van der Waals surface area contributed by atoms with Gasteiger partial charge in [-0.25, -0.2) is 4.79 Å². The summed E-state index contributed by atoms with van der Waals surface area (Å²) in [5, 5.41) is 22.2. The lowest BCUT2D eigenvalue weighted by Crippen LogP contribution is -2.42. The van der Waals surface area contributed by atoms with Crippen molar-refractivity contribution in [3.8, 4) is 6.07 Å². The molecule has 0 amide bonds. The maximum Gasteiger partial charge on any atom is 0.341 e. The number of ether oxygens (including phenoxy) is 1. The largest absolute Gasteiger partial charge is 0.465 e. The number of carbonyl (C=O) groups excluding carboxylic acids is 2. The van der Waals surface area contributed by atoms with Crippen LogP contribution < -0.4 is 10.6 Å². The molecule has 9 nitrogen and oxygen atoms in total. The second-order valence-electron chi connectivity index (χ2n) is 11.1. The summed E-state index contributed by atoms with van der Waals surface area (Å²) in [6.07, 6.45) is 5.44. The van der Waals surface area contributed by atoms with E-state index in [0.717, 1.165) is 42.5 Å². The number of Topliss-reactive ketones (excluding diaryl/α,β-unsaturated/α-hetero) is 1. The Bertz CT molecular complexity index is 1490. The summed E-state index contributed by atoms with van der Waals surface area (Å²) in [6, 6.07) is 8.13. The number of methoxy groups -OCH3 is 1. The molecule has 1 aliphatic heterocycles. The van der Waals surface area contributed by atoms with E-state index in [1.165, 1.54) is 30.6 Å². The van der Waals surface area contributed by atoms with Gasteiger partial charge in [0.15, 0.2) is 5.78 Å². The quantitative estimate of drug-likeness (QED) is 0.224. The van der Waals surface area contributed by atoms with Crippen molar-refractivity contribution in [2.24, 2.45) is 11.1 Å². The number of benzene rings is 1. The lowest BCUT2D eigenvalue weighted by Gasteiger charge is -2.43. The van der Waals surface area contributed by atoms with Crippen LogP contribution in [0, 0.1) is 26.9 Å². The van der Waals surface area contributed by atoms with Crippen LogP contribution in [0.1, 0.15) is 78.2 Å². The lowest BCUT2D eigenvalue weighted by molar-refractivity contribution is -0.384. The van der Waals surface area contributed by atoms with Gasteiger partial charge < -0.3 is 10.5 Å². The maximum atomic E-state index is 13.8. The molecule has 2 heterocycles. The van der Waals surface area contributed by atoms with Gasteiger partial charge in [-0.05, 0) is 48.6 Å². The first kappa shape index (κ1) is 26.6. The zero-order chi connectivity index (χ0) is 28.1. The third kappa shape index (κ3) is 4.51. The number of hydrogen-bond acceptors (Lipinski definition) is 9. The first-order valence-electron chi connectivity index (χ1n) is 13.0. The number of ketones is 1. The number of thiophene rings is 1. The van der Waals surface area contributed by atoms with E-state index < -0.39 is 16.8 Å². The predicted octanol–water partition coefficient (Wildman–Crippen LogP) is 5.65. The van der Waals surface area contributed by atoms with Gasteiger partial charge in [0.1, 0.15) is 10.8 Å². The molecule has 2 aliphatic carbocycles. The number of carbonyl (C=O) groups is 2. The van der Waals surface area contributed by atoms with E-state index >= 15 is 0 Å². The maximum absolute atomic E-state index is 13.8. The lowest BCUT2D eigenvalue weighted by atomic mass is 9.68. The van der Waals surface area contributed by atoms with Crippen LogP contribution in [-0.4, -0.2) is 23.8 Å². The van der Waals surface area contributed by atoms with Crippen LogP contribution in [-0.2, 0) is 22.4 Å². The Labute approximate surface area is 230 Å². The van der Waals surface area contributed by atoms with E-state index in [2.05, 4.69) is 6.07 Å². The molecule has 0 bridgehead atoms. The molecule has 0 saturated carbocycles. The number of rotatable bonds is 4. The number of nitrogens with two attached hydrogens (primary N) is 1. The second-order valence-corrected chi connectivity index (χ2v) is 12.1. The standard InChI is InChI=1S/C29H30N4O5S/c1-29(2)13-20-25(21(34)14-29)23(16-9-11-17(12-10-16)33(36)37)19(15-30)26(31)32(20)27-24(28(35)38-3)18-7-5-4-6-8-22(18)39-27/h9-12,23H,4-8,13-14,31H2,1-3H3. The van der Waals surface area contributed by atoms with Gasteiger partial charge in [0, 0.05) is 34.7 Å². The third-order valence-corrected chi connectivity index (χ3v) is 9.09. The number of nitro groups is 1. The minimum Gasteiger partial charge on any atom is -0.465 e. The van der Waals surface area contributed by atoms with Crippen molar-refractivity contribution < 1.29 is 19.2 Å². The molecule has 2 N–H and O–H groups in total. The molecule has 5 rings (SSSR count). The molecule has 0 saturated heterocycles. The van der Waals surface area contributed by atoms with Gasteiger partial charge in [-0.2, -0.15) is 5.26 Å². The zero-order valence-electron chi connectivity index (χ0n) is 22.2. The van der Waals surface area contributed by atoms with E-state index in [1.807, 2.05) is 13.8 Å². The van der Waals surface area contributed by atoms with Crippen molar-refractivity contribution in [1.29, 1.82) is 5.26 Å². The molecule has 2 aromatic rings. The summed E-state index contributed by atoms with van der Waals surface area (Å²) in [6.45, 7) is 4.02. The normalized spacial score (nSPS) is 20.6. The van der Waals surface area contributed by atoms with Crippen molar-refractivity contribution in [2.45, 2.75) is 64.7 Å². The number of allylic oxidation sites excluding steroid dienone is 3. The minimum absolute atomic E-state index is 0.0836. The monoisotopic (exact) mass is 546 g/mol. The summed E-state index contributed by atoms with van der Waals surface area (Å²) in [7, 11) is 1.35. The van der Waals surface area contributed by atoms with E-state index in [9.17, 15) is 25.0 Å². The number of hydrogen-bond donors (Lipinski definition) is 1. The Kier molecular flexibility index (Phi) is 6.81. The Morgan fingerprint density at radius 1 is 1.21 bits per heavy atom. The summed E-state index contributed by atoms with van der Waals surface area (Å²) >= 11 is 1.48. The van der Waals surface area contributed by atoms with Gasteiger partial charge in [0.2, 0.25) is 0 Å². The fourth-order valence-electron chi connectivity index (χ4n) is 6.06. The molecule has 202 valence electrons. The minimum atomic E-state index is -0.759. The number of nitrogens with zero attached hydrogens (tertiary/aromatic N) is 3. The van der Waals surface area contributed by atoms with Gasteiger partial charge in [0.25, 0.3) is 5.69 Å². The van der Waals surface area contributed by atoms with Gasteiger partial charge in [-0.1, -0.05) is 32.4 Å². The Morgan fingerprint density at radius 2 is 1.90 bits per heavy atom. The molecule has 0 radical (unpaired) electrons. The first-order chi connectivity index (χ1) is 18.6. The number of fused-ring (bicyclic) bond motifs is 1. The topological polar surface area (TPSA) is 140 Å². The van der Waals surface area contributed by atoms with Crippen LogP contribution in [0.25, 0.3) is 0 Å². The SMILES string of the molecule is COC(=O)c1c(N2C(N)=C(C#N)C(c3ccc([N+](=O)[O-])cc3)C3=C2CC(C)(C)CC3=O)sc2c1CCCCC2. The number of non-ortho nitro benzene ring substituents is 1. The van der Waals surface area contributed by atoms with Crippen LogP contribution >= 0.6 is 11.3 Å². The smallest absolute Gasteiger partial charge is 0.341 e. The third-order valence-electron chi connectivity index (χ3n) is 7.81. The predicted molar refractivity (Wildman–Crippen MR) is 147 cm³/mol. The van der Waals surface area contributed by atoms with Crippen molar-refractivity contribution >= 4 is 33.8 Å². The van der Waals surface area contributed by atoms with E-state index in [-0.39, 0.29) is 34.7 Å². The Morgan fingerprint density at radius 3 is 2.54 bits per heavy atom. The number of anilines is 1. The molecular formula is C29H30N4O5S. The number of nitro benzene ring substituents is 1. The highest BCUT2D eigenvalue weighted by molar-refractivity contribution is 7.16. The highest BCUT2D eigenvalue weighted by Gasteiger charge is 2.46. The van der Waals surface area contributed by atoms with Crippen molar-refractivity contribution in [1.82, 2.24) is 0 Å². The van der Waals surface area contributed by atoms with Crippen LogP contribution in [0.2, 0.25) is 0 Å². The molecular weight excluding hydrogens is 516 g/mol. The summed E-state index contributed by atoms with van der Waals surface area (Å²) < 4.78 is 5.22. The van der Waals surface area contributed by atoms with Gasteiger partial charge >= 0.3 is 5.97 Å². The molecule has 3 aliphatic rings. The summed E-state index contributed by atoms with van der Waals surface area (Å²) in [5.41, 5.74) is 9.63. The molecule has 1 unspecified atom stereocenters. The highest BCUT2D eigenvalue weighted by atomic mass is 32.1. The van der Waals surface area contributed by atoms with E-state index in [0.29, 0.717) is 33.8 Å². The number of nitriles is 1. The summed E-state index contributed by atoms with van der Waals surface area (Å²) in [4.78, 5) is 40.6. The molecule has 0 fully saturated rings. The van der Waals surface area contributed by atoms with Gasteiger partial charge in [-0.15, -0.1) is 11.3 Å². The molecule has 1 atom stereocenters. The molecule has 39 heavy (non-hydrogen) atoms. The van der Waals surface area contributed by atoms with Gasteiger partial charge in [0.05, 0.1) is 35.2 Å². The first-order valence-corrected chi connectivity index (χ1v) is 13.8. The van der Waals surface area contributed by atoms with Crippen molar-refractivity contribution in [3.63, 3.8) is 0 Å². The fraction of sp³-hybridized carbons (Fsp3) is 0.414. The zero-order valence-corrected chi connectivity index (χ0v) is 23.0. The second kappa shape index (κ2) is 9.97. The molecule has 0 spiro atoms. The van der Waals surface area contributed by atoms with Crippen LogP contribution in [0.5, 0.6) is 0 Å². The van der Waals surface area contributed by atoms with E-state index in [4.69, 9.17) is 10.5 Å². The van der Waals surface area contributed by atoms with Gasteiger partial charge in [-0.3, -0.25) is 19.8 Å². The van der Waals surface area contributed by atoms with E-state index in [1.54, 1.807) is 17.0 Å². The average molecular weight is 547 g/mol.